The summed E-state index contributed by atoms with van der Waals surface area (Å²) in [6.07, 6.45) is -7.57. The Hall–Kier alpha value is -0.240. The molecule has 0 bridgehead atoms. The van der Waals surface area contributed by atoms with Gasteiger partial charge in [-0.15, -0.1) is 0 Å². The second-order valence-electron chi connectivity index (χ2n) is 2.70. The van der Waals surface area contributed by atoms with Crippen molar-refractivity contribution in [3.8, 4) is 0 Å². The van der Waals surface area contributed by atoms with E-state index >= 15 is 0 Å². The molecule has 1 aliphatic rings. The maximum atomic E-state index is 10.7. The molecule has 0 aromatic rings. The molecule has 1 aliphatic heterocycles. The van der Waals surface area contributed by atoms with Crippen LogP contribution in [-0.2, 0) is 4.74 Å². The smallest absolute Gasteiger partial charge is 0.111 e. The second-order valence-corrected chi connectivity index (χ2v) is 2.70. The highest BCUT2D eigenvalue weighted by atomic mass is 16.6. The molecule has 6 heteroatoms. The Morgan fingerprint density at radius 1 is 1.08 bits per heavy atom. The van der Waals surface area contributed by atoms with Gasteiger partial charge in [-0.25, -0.2) is 0 Å². The molecule has 6 nitrogen and oxygen atoms in total. The molecule has 0 amide bonds. The maximum absolute atomic E-state index is 10.7. The van der Waals surface area contributed by atoms with Gasteiger partial charge in [-0.05, 0) is 0 Å². The van der Waals surface area contributed by atoms with E-state index in [-0.39, 0.29) is 0 Å². The topological polar surface area (TPSA) is 113 Å². The summed E-state index contributed by atoms with van der Waals surface area (Å²) in [5, 5.41) is 46.3. The molecular formula is C6H11O6-. The molecule has 72 valence electrons. The van der Waals surface area contributed by atoms with Gasteiger partial charge in [0.05, 0.1) is 12.7 Å². The lowest BCUT2D eigenvalue weighted by molar-refractivity contribution is -0.532. The molecule has 1 heterocycles. The Bertz CT molecular complexity index is 146. The third-order valence-corrected chi connectivity index (χ3v) is 1.85. The molecule has 1 fully saturated rings. The van der Waals surface area contributed by atoms with Crippen LogP contribution in [0.3, 0.4) is 0 Å². The van der Waals surface area contributed by atoms with Crippen molar-refractivity contribution < 1.29 is 30.3 Å². The molecule has 0 aliphatic carbocycles. The van der Waals surface area contributed by atoms with E-state index in [2.05, 4.69) is 4.74 Å². The first-order chi connectivity index (χ1) is 5.57. The molecule has 1 saturated heterocycles. The van der Waals surface area contributed by atoms with Crippen molar-refractivity contribution >= 4 is 0 Å². The van der Waals surface area contributed by atoms with Crippen LogP contribution < -0.4 is 5.11 Å². The van der Waals surface area contributed by atoms with Gasteiger partial charge in [0.15, 0.2) is 0 Å². The molecule has 0 spiro atoms. The summed E-state index contributed by atoms with van der Waals surface area (Å²) in [5.41, 5.74) is 0. The summed E-state index contributed by atoms with van der Waals surface area (Å²) in [7, 11) is 0. The minimum absolute atomic E-state index is 0.566. The lowest BCUT2D eigenvalue weighted by Gasteiger charge is -2.43. The summed E-state index contributed by atoms with van der Waals surface area (Å²) in [6, 6.07) is 0. The Morgan fingerprint density at radius 2 is 1.67 bits per heavy atom. The number of hydrogen-bond donors (Lipinski definition) is 4. The zero-order valence-corrected chi connectivity index (χ0v) is 6.20. The van der Waals surface area contributed by atoms with Crippen molar-refractivity contribution in [2.45, 2.75) is 30.7 Å². The fraction of sp³-hybridized carbons (Fsp3) is 1.00. The second kappa shape index (κ2) is 3.65. The Balaban J connectivity index is 2.63. The molecule has 12 heavy (non-hydrogen) atoms. The SMILES string of the molecule is [O-]C1O[C@H](CO)[C@@H](O)[C@H](O)[C@@H]1O. The lowest BCUT2D eigenvalue weighted by atomic mass is 10.00. The highest BCUT2D eigenvalue weighted by molar-refractivity contribution is 4.87. The van der Waals surface area contributed by atoms with Crippen molar-refractivity contribution in [3.63, 3.8) is 0 Å². The number of rotatable bonds is 1. The van der Waals surface area contributed by atoms with Crippen LogP contribution in [0.25, 0.3) is 0 Å². The van der Waals surface area contributed by atoms with Crippen molar-refractivity contribution in [2.75, 3.05) is 6.61 Å². The van der Waals surface area contributed by atoms with Crippen molar-refractivity contribution in [1.82, 2.24) is 0 Å². The van der Waals surface area contributed by atoms with Crippen LogP contribution in [0.15, 0.2) is 0 Å². The number of hydrogen-bond acceptors (Lipinski definition) is 6. The molecule has 0 aromatic heterocycles. The van der Waals surface area contributed by atoms with Gasteiger partial charge in [-0.2, -0.15) is 0 Å². The van der Waals surface area contributed by atoms with E-state index in [9.17, 15) is 5.11 Å². The minimum atomic E-state index is -1.82. The van der Waals surface area contributed by atoms with Gasteiger partial charge in [-0.3, -0.25) is 0 Å². The summed E-state index contributed by atoms with van der Waals surface area (Å²) < 4.78 is 4.46. The van der Waals surface area contributed by atoms with Crippen LogP contribution in [0.2, 0.25) is 0 Å². The van der Waals surface area contributed by atoms with Gasteiger partial charge in [-0.1, -0.05) is 0 Å². The van der Waals surface area contributed by atoms with Crippen molar-refractivity contribution in [1.29, 1.82) is 0 Å². The Kier molecular flexibility index (Phi) is 2.99. The summed E-state index contributed by atoms with van der Waals surface area (Å²) in [5.74, 6) is 0. The van der Waals surface area contributed by atoms with Gasteiger partial charge in [0.2, 0.25) is 0 Å². The van der Waals surface area contributed by atoms with E-state index in [1.807, 2.05) is 0 Å². The van der Waals surface area contributed by atoms with Gasteiger partial charge >= 0.3 is 0 Å². The quantitative estimate of drug-likeness (QED) is 0.328. The molecular weight excluding hydrogens is 168 g/mol. The zero-order chi connectivity index (χ0) is 9.30. The average Bonchev–Trinajstić information content (AvgIpc) is 2.08. The first-order valence-corrected chi connectivity index (χ1v) is 3.54. The molecule has 0 radical (unpaired) electrons. The largest absolute Gasteiger partial charge is 0.829 e. The van der Waals surface area contributed by atoms with Crippen LogP contribution in [0.5, 0.6) is 0 Å². The first kappa shape index (κ1) is 9.85. The standard InChI is InChI=1S/C6H11O6/c7-1-2-3(8)4(9)5(10)6(11)12-2/h2-10H,1H2/q-1/t2-,3-,4+,5+,6?/m1/s1. The fourth-order valence-electron chi connectivity index (χ4n) is 1.07. The van der Waals surface area contributed by atoms with Crippen LogP contribution in [0.4, 0.5) is 0 Å². The predicted octanol–water partition coefficient (Wildman–Crippen LogP) is -3.85. The van der Waals surface area contributed by atoms with E-state index < -0.39 is 37.3 Å². The summed E-state index contributed by atoms with van der Waals surface area (Å²) >= 11 is 0. The van der Waals surface area contributed by atoms with Crippen LogP contribution in [-0.4, -0.2) is 57.7 Å². The number of aliphatic hydroxyl groups is 4. The van der Waals surface area contributed by atoms with E-state index in [4.69, 9.17) is 20.4 Å². The molecule has 4 N–H and O–H groups in total. The number of aliphatic hydroxyl groups excluding tert-OH is 4. The molecule has 5 atom stereocenters. The first-order valence-electron chi connectivity index (χ1n) is 3.54. The maximum Gasteiger partial charge on any atom is 0.111 e. The Morgan fingerprint density at radius 3 is 2.17 bits per heavy atom. The third-order valence-electron chi connectivity index (χ3n) is 1.85. The minimum Gasteiger partial charge on any atom is -0.829 e. The highest BCUT2D eigenvalue weighted by Gasteiger charge is 2.38. The Labute approximate surface area is 68.6 Å². The lowest BCUT2D eigenvalue weighted by Crippen LogP contribution is -2.62. The zero-order valence-electron chi connectivity index (χ0n) is 6.20. The monoisotopic (exact) mass is 179 g/mol. The van der Waals surface area contributed by atoms with E-state index in [0.717, 1.165) is 0 Å². The average molecular weight is 179 g/mol. The predicted molar refractivity (Wildman–Crippen MR) is 33.8 cm³/mol. The molecule has 1 unspecified atom stereocenters. The molecule has 0 saturated carbocycles. The molecule has 1 rings (SSSR count). The highest BCUT2D eigenvalue weighted by Crippen LogP contribution is 2.17. The normalized spacial score (nSPS) is 49.2. The molecule has 0 aromatic carbocycles. The van der Waals surface area contributed by atoms with Crippen LogP contribution in [0.1, 0.15) is 0 Å². The fourth-order valence-corrected chi connectivity index (χ4v) is 1.07. The van der Waals surface area contributed by atoms with E-state index in [1.165, 1.54) is 0 Å². The van der Waals surface area contributed by atoms with Crippen molar-refractivity contribution in [2.24, 2.45) is 0 Å². The van der Waals surface area contributed by atoms with E-state index in [1.54, 1.807) is 0 Å². The van der Waals surface area contributed by atoms with Crippen LogP contribution >= 0.6 is 0 Å². The third kappa shape index (κ3) is 1.58. The van der Waals surface area contributed by atoms with Gasteiger partial charge < -0.3 is 30.3 Å². The van der Waals surface area contributed by atoms with Crippen LogP contribution in [0, 0.1) is 0 Å². The van der Waals surface area contributed by atoms with E-state index in [0.29, 0.717) is 0 Å². The van der Waals surface area contributed by atoms with Gasteiger partial charge in [0.25, 0.3) is 0 Å². The van der Waals surface area contributed by atoms with Crippen molar-refractivity contribution in [3.05, 3.63) is 0 Å². The van der Waals surface area contributed by atoms with Gasteiger partial charge in [0, 0.05) is 6.29 Å². The summed E-state index contributed by atoms with van der Waals surface area (Å²) in [6.45, 7) is -0.566. The van der Waals surface area contributed by atoms with Gasteiger partial charge in [0.1, 0.15) is 18.3 Å². The number of ether oxygens (including phenoxy) is 1. The summed E-state index contributed by atoms with van der Waals surface area (Å²) in [4.78, 5) is 0.